The molecule has 0 bridgehead atoms. The molecule has 0 saturated carbocycles. The quantitative estimate of drug-likeness (QED) is 0.770. The van der Waals surface area contributed by atoms with E-state index < -0.39 is 29.8 Å². The van der Waals surface area contributed by atoms with Crippen LogP contribution in [0.25, 0.3) is 0 Å². The first-order chi connectivity index (χ1) is 13.3. The first kappa shape index (κ1) is 20.2. The maximum atomic E-state index is 13.7. The average Bonchev–Trinajstić information content (AvgIpc) is 3.13. The number of alkyl halides is 3. The number of halogens is 3. The Hall–Kier alpha value is -2.54. The zero-order valence-electron chi connectivity index (χ0n) is 15.4. The molecule has 1 saturated heterocycles. The summed E-state index contributed by atoms with van der Waals surface area (Å²) in [5, 5.41) is 9.59. The van der Waals surface area contributed by atoms with Gasteiger partial charge >= 0.3 is 12.1 Å². The molecular formula is C21H22F3NO3. The third kappa shape index (κ3) is 4.14. The van der Waals surface area contributed by atoms with Gasteiger partial charge in [0.15, 0.2) is 0 Å². The van der Waals surface area contributed by atoms with E-state index in [1.807, 2.05) is 6.92 Å². The predicted molar refractivity (Wildman–Crippen MR) is 98.3 cm³/mol. The number of carbonyl (C=O) groups is 1. The van der Waals surface area contributed by atoms with Gasteiger partial charge in [0.1, 0.15) is 11.8 Å². The highest BCUT2D eigenvalue weighted by molar-refractivity contribution is 5.74. The van der Waals surface area contributed by atoms with Gasteiger partial charge in [0.05, 0.1) is 18.2 Å². The van der Waals surface area contributed by atoms with Gasteiger partial charge in [-0.15, -0.1) is 0 Å². The highest BCUT2D eigenvalue weighted by atomic mass is 19.4. The number of carboxylic acids is 1. The number of ether oxygens (including phenoxy) is 1. The van der Waals surface area contributed by atoms with Crippen molar-refractivity contribution in [3.63, 3.8) is 0 Å². The van der Waals surface area contributed by atoms with Crippen LogP contribution < -0.4 is 4.74 Å². The maximum Gasteiger partial charge on any atom is 0.416 e. The van der Waals surface area contributed by atoms with E-state index in [9.17, 15) is 23.1 Å². The largest absolute Gasteiger partial charge is 0.494 e. The fourth-order valence-corrected chi connectivity index (χ4v) is 3.82. The minimum Gasteiger partial charge on any atom is -0.494 e. The lowest BCUT2D eigenvalue weighted by molar-refractivity contribution is -0.143. The Morgan fingerprint density at radius 1 is 1.21 bits per heavy atom. The molecule has 0 radical (unpaired) electrons. The summed E-state index contributed by atoms with van der Waals surface area (Å²) in [6.07, 6.45) is -3.49. The highest BCUT2D eigenvalue weighted by Crippen LogP contribution is 2.41. The molecule has 0 aliphatic carbocycles. The molecule has 2 atom stereocenters. The molecule has 0 spiro atoms. The number of nitrogens with zero attached hydrogens (tertiary/aromatic N) is 1. The van der Waals surface area contributed by atoms with Gasteiger partial charge < -0.3 is 9.84 Å². The molecule has 3 rings (SSSR count). The maximum absolute atomic E-state index is 13.7. The van der Waals surface area contributed by atoms with Crippen LogP contribution in [0.1, 0.15) is 42.5 Å². The Morgan fingerprint density at radius 3 is 2.50 bits per heavy atom. The molecule has 2 aromatic carbocycles. The number of carboxylic acid groups (broad SMARTS) is 1. The molecule has 150 valence electrons. The fourth-order valence-electron chi connectivity index (χ4n) is 3.82. The van der Waals surface area contributed by atoms with Gasteiger partial charge in [-0.2, -0.15) is 13.2 Å². The molecule has 4 nitrogen and oxygen atoms in total. The van der Waals surface area contributed by atoms with Gasteiger partial charge in [-0.25, -0.2) is 0 Å². The average molecular weight is 393 g/mol. The fraction of sp³-hybridized carbons (Fsp3) is 0.381. The molecule has 1 fully saturated rings. The van der Waals surface area contributed by atoms with Crippen LogP contribution in [-0.2, 0) is 11.0 Å². The third-order valence-electron chi connectivity index (χ3n) is 4.98. The van der Waals surface area contributed by atoms with E-state index in [1.54, 1.807) is 35.2 Å². The molecule has 1 aliphatic rings. The molecule has 28 heavy (non-hydrogen) atoms. The summed E-state index contributed by atoms with van der Waals surface area (Å²) in [5.74, 6) is -0.400. The van der Waals surface area contributed by atoms with Crippen molar-refractivity contribution in [2.75, 3.05) is 13.2 Å². The zero-order chi connectivity index (χ0) is 20.3. The van der Waals surface area contributed by atoms with E-state index in [0.29, 0.717) is 37.3 Å². The van der Waals surface area contributed by atoms with E-state index in [4.69, 9.17) is 4.74 Å². The SMILES string of the molecule is CCOc1ccc(C(c2ccccc2C(F)(F)F)N2CCCC2C(=O)O)cc1. The van der Waals surface area contributed by atoms with Crippen molar-refractivity contribution in [1.29, 1.82) is 0 Å². The molecule has 7 heteroatoms. The Bertz CT molecular complexity index is 820. The summed E-state index contributed by atoms with van der Waals surface area (Å²) in [5.41, 5.74) is -0.0782. The van der Waals surface area contributed by atoms with Crippen molar-refractivity contribution in [3.05, 3.63) is 65.2 Å². The first-order valence-electron chi connectivity index (χ1n) is 9.20. The Balaban J connectivity index is 2.12. The highest BCUT2D eigenvalue weighted by Gasteiger charge is 2.41. The number of rotatable bonds is 6. The van der Waals surface area contributed by atoms with Crippen molar-refractivity contribution in [1.82, 2.24) is 4.90 Å². The van der Waals surface area contributed by atoms with E-state index in [-0.39, 0.29) is 5.56 Å². The molecule has 1 heterocycles. The normalized spacial score (nSPS) is 18.8. The number of hydrogen-bond donors (Lipinski definition) is 1. The van der Waals surface area contributed by atoms with Gasteiger partial charge in [-0.3, -0.25) is 9.69 Å². The monoisotopic (exact) mass is 393 g/mol. The van der Waals surface area contributed by atoms with Crippen molar-refractivity contribution in [2.24, 2.45) is 0 Å². The van der Waals surface area contributed by atoms with Crippen LogP contribution in [0.4, 0.5) is 13.2 Å². The van der Waals surface area contributed by atoms with Gasteiger partial charge in [0.2, 0.25) is 0 Å². The van der Waals surface area contributed by atoms with Gasteiger partial charge in [0, 0.05) is 6.54 Å². The Kier molecular flexibility index (Phi) is 5.93. The van der Waals surface area contributed by atoms with Crippen LogP contribution in [0.2, 0.25) is 0 Å². The summed E-state index contributed by atoms with van der Waals surface area (Å²) in [6, 6.07) is 10.6. The topological polar surface area (TPSA) is 49.8 Å². The molecular weight excluding hydrogens is 371 g/mol. The van der Waals surface area contributed by atoms with Crippen molar-refractivity contribution in [2.45, 2.75) is 38.0 Å². The summed E-state index contributed by atoms with van der Waals surface area (Å²) >= 11 is 0. The Morgan fingerprint density at radius 2 is 1.89 bits per heavy atom. The number of likely N-dealkylation sites (tertiary alicyclic amines) is 1. The predicted octanol–water partition coefficient (Wildman–Crippen LogP) is 4.74. The smallest absolute Gasteiger partial charge is 0.416 e. The van der Waals surface area contributed by atoms with E-state index >= 15 is 0 Å². The van der Waals surface area contributed by atoms with Crippen LogP contribution in [-0.4, -0.2) is 35.2 Å². The molecule has 1 aliphatic heterocycles. The van der Waals surface area contributed by atoms with Crippen molar-refractivity contribution >= 4 is 5.97 Å². The molecule has 0 amide bonds. The van der Waals surface area contributed by atoms with E-state index in [0.717, 1.165) is 6.07 Å². The minimum atomic E-state index is -4.53. The van der Waals surface area contributed by atoms with Crippen molar-refractivity contribution in [3.8, 4) is 5.75 Å². The molecule has 1 N–H and O–H groups in total. The first-order valence-corrected chi connectivity index (χ1v) is 9.20. The van der Waals surface area contributed by atoms with E-state index in [2.05, 4.69) is 0 Å². The van der Waals surface area contributed by atoms with Gasteiger partial charge in [-0.05, 0) is 49.1 Å². The minimum absolute atomic E-state index is 0.0623. The lowest BCUT2D eigenvalue weighted by Crippen LogP contribution is -2.39. The zero-order valence-corrected chi connectivity index (χ0v) is 15.4. The van der Waals surface area contributed by atoms with Crippen LogP contribution in [0.15, 0.2) is 48.5 Å². The second-order valence-corrected chi connectivity index (χ2v) is 6.72. The summed E-state index contributed by atoms with van der Waals surface area (Å²) in [4.78, 5) is 13.4. The summed E-state index contributed by atoms with van der Waals surface area (Å²) in [7, 11) is 0. The van der Waals surface area contributed by atoms with E-state index in [1.165, 1.54) is 12.1 Å². The molecule has 2 unspecified atom stereocenters. The summed E-state index contributed by atoms with van der Waals surface area (Å²) in [6.45, 7) is 2.74. The second kappa shape index (κ2) is 8.22. The summed E-state index contributed by atoms with van der Waals surface area (Å²) < 4.78 is 46.5. The van der Waals surface area contributed by atoms with Gasteiger partial charge in [-0.1, -0.05) is 30.3 Å². The standard InChI is InChI=1S/C21H22F3NO3/c1-2-28-15-11-9-14(10-12-15)19(25-13-5-8-18(25)20(26)27)16-6-3-4-7-17(16)21(22,23)24/h3-4,6-7,9-12,18-19H,2,5,8,13H2,1H3,(H,26,27). The van der Waals surface area contributed by atoms with Crippen LogP contribution in [0.5, 0.6) is 5.75 Å². The molecule has 0 aromatic heterocycles. The van der Waals surface area contributed by atoms with Crippen LogP contribution in [0.3, 0.4) is 0 Å². The number of benzene rings is 2. The number of aliphatic carboxylic acids is 1. The Labute approximate surface area is 161 Å². The van der Waals surface area contributed by atoms with Crippen LogP contribution >= 0.6 is 0 Å². The third-order valence-corrected chi connectivity index (χ3v) is 4.98. The van der Waals surface area contributed by atoms with Crippen molar-refractivity contribution < 1.29 is 27.8 Å². The van der Waals surface area contributed by atoms with Gasteiger partial charge in [0.25, 0.3) is 0 Å². The molecule has 2 aromatic rings. The lowest BCUT2D eigenvalue weighted by Gasteiger charge is -2.33. The number of hydrogen-bond acceptors (Lipinski definition) is 3. The lowest BCUT2D eigenvalue weighted by atomic mass is 9.92. The second-order valence-electron chi connectivity index (χ2n) is 6.72. The van der Waals surface area contributed by atoms with Crippen LogP contribution in [0, 0.1) is 0 Å².